The number of fused-ring (bicyclic) bond motifs is 1. The van der Waals surface area contributed by atoms with E-state index < -0.39 is 5.41 Å². The first kappa shape index (κ1) is 13.2. The number of hydrogen-bond acceptors (Lipinski definition) is 3. The Labute approximate surface area is 111 Å². The topological polar surface area (TPSA) is 60.2 Å². The fourth-order valence-corrected chi connectivity index (χ4v) is 2.31. The first-order valence-electron chi connectivity index (χ1n) is 6.10. The number of nitro groups is 1. The van der Waals surface area contributed by atoms with Gasteiger partial charge in [-0.25, -0.2) is 0 Å². The Bertz CT molecular complexity index is 624. The van der Waals surface area contributed by atoms with Crippen LogP contribution >= 0.6 is 0 Å². The standard InChI is InChI=1S/C15H15NO3/c1-15(8-9-17,11-16(18)19)14-7-6-12-4-2-3-5-13(12)10-14/h2-7,9-10H,8,11H2,1H3/t15-/m1/s1. The van der Waals surface area contributed by atoms with Crippen LogP contribution in [0.4, 0.5) is 0 Å². The van der Waals surface area contributed by atoms with Crippen molar-refractivity contribution in [1.29, 1.82) is 0 Å². The van der Waals surface area contributed by atoms with Gasteiger partial charge in [-0.15, -0.1) is 0 Å². The summed E-state index contributed by atoms with van der Waals surface area (Å²) < 4.78 is 0. The third-order valence-corrected chi connectivity index (χ3v) is 3.46. The summed E-state index contributed by atoms with van der Waals surface area (Å²) in [5.74, 6) is 0. The highest BCUT2D eigenvalue weighted by atomic mass is 16.6. The molecule has 0 aromatic heterocycles. The van der Waals surface area contributed by atoms with Crippen LogP contribution in [0.1, 0.15) is 18.9 Å². The SMILES string of the molecule is C[C@@](CC=O)(C[N+](=O)[O-])c1ccc2ccccc2c1. The summed E-state index contributed by atoms with van der Waals surface area (Å²) in [6, 6.07) is 13.6. The van der Waals surface area contributed by atoms with Gasteiger partial charge >= 0.3 is 0 Å². The zero-order valence-corrected chi connectivity index (χ0v) is 10.7. The van der Waals surface area contributed by atoms with Crippen LogP contribution in [0, 0.1) is 10.1 Å². The smallest absolute Gasteiger partial charge is 0.213 e. The van der Waals surface area contributed by atoms with E-state index in [0.29, 0.717) is 0 Å². The van der Waals surface area contributed by atoms with E-state index in [1.165, 1.54) is 0 Å². The van der Waals surface area contributed by atoms with Crippen LogP contribution in [0.3, 0.4) is 0 Å². The Kier molecular flexibility index (Phi) is 3.60. The summed E-state index contributed by atoms with van der Waals surface area (Å²) in [6.07, 6.45) is 0.894. The number of benzene rings is 2. The van der Waals surface area contributed by atoms with Gasteiger partial charge in [0, 0.05) is 11.3 Å². The molecule has 2 aromatic carbocycles. The van der Waals surface area contributed by atoms with E-state index in [9.17, 15) is 14.9 Å². The van der Waals surface area contributed by atoms with Gasteiger partial charge in [-0.3, -0.25) is 10.1 Å². The average Bonchev–Trinajstić information content (AvgIpc) is 2.37. The molecule has 1 atom stereocenters. The van der Waals surface area contributed by atoms with Crippen LogP contribution in [0.25, 0.3) is 10.8 Å². The molecule has 0 aliphatic rings. The molecule has 19 heavy (non-hydrogen) atoms. The lowest BCUT2D eigenvalue weighted by atomic mass is 9.79. The van der Waals surface area contributed by atoms with E-state index >= 15 is 0 Å². The summed E-state index contributed by atoms with van der Waals surface area (Å²) in [5, 5.41) is 12.9. The largest absolute Gasteiger partial charge is 0.303 e. The molecule has 0 amide bonds. The number of rotatable bonds is 5. The normalized spacial score (nSPS) is 13.9. The van der Waals surface area contributed by atoms with Crippen molar-refractivity contribution in [3.63, 3.8) is 0 Å². The molecule has 0 bridgehead atoms. The maximum atomic E-state index is 10.8. The lowest BCUT2D eigenvalue weighted by Crippen LogP contribution is -2.31. The lowest BCUT2D eigenvalue weighted by molar-refractivity contribution is -0.490. The Balaban J connectivity index is 2.49. The van der Waals surface area contributed by atoms with E-state index in [1.807, 2.05) is 42.5 Å². The molecule has 0 fully saturated rings. The van der Waals surface area contributed by atoms with Crippen LogP contribution in [-0.4, -0.2) is 17.8 Å². The molecule has 4 nitrogen and oxygen atoms in total. The predicted octanol–water partition coefficient (Wildman–Crippen LogP) is 2.96. The minimum absolute atomic E-state index is 0.145. The summed E-state index contributed by atoms with van der Waals surface area (Å²) in [5.41, 5.74) is 0.0740. The molecule has 2 rings (SSSR count). The quantitative estimate of drug-likeness (QED) is 0.470. The van der Waals surface area contributed by atoms with Gasteiger partial charge in [0.2, 0.25) is 6.54 Å². The molecule has 0 radical (unpaired) electrons. The van der Waals surface area contributed by atoms with E-state index in [1.54, 1.807) is 6.92 Å². The highest BCUT2D eigenvalue weighted by Crippen LogP contribution is 2.29. The molecule has 0 aliphatic carbocycles. The molecule has 0 unspecified atom stereocenters. The fraction of sp³-hybridized carbons (Fsp3) is 0.267. The predicted molar refractivity (Wildman–Crippen MR) is 73.8 cm³/mol. The summed E-state index contributed by atoms with van der Waals surface area (Å²) in [4.78, 5) is 21.3. The molecule has 4 heteroatoms. The van der Waals surface area contributed by atoms with Crippen molar-refractivity contribution in [1.82, 2.24) is 0 Å². The monoisotopic (exact) mass is 257 g/mol. The molecule has 98 valence electrons. The number of nitrogens with zero attached hydrogens (tertiary/aromatic N) is 1. The van der Waals surface area contributed by atoms with Gasteiger partial charge < -0.3 is 4.79 Å². The first-order chi connectivity index (χ1) is 9.05. The van der Waals surface area contributed by atoms with Crippen molar-refractivity contribution in [3.8, 4) is 0 Å². The van der Waals surface area contributed by atoms with Gasteiger partial charge in [-0.1, -0.05) is 42.5 Å². The second-order valence-corrected chi connectivity index (χ2v) is 4.98. The van der Waals surface area contributed by atoms with Crippen LogP contribution in [-0.2, 0) is 10.2 Å². The maximum absolute atomic E-state index is 10.8. The highest BCUT2D eigenvalue weighted by molar-refractivity contribution is 5.83. The van der Waals surface area contributed by atoms with E-state index in [2.05, 4.69) is 0 Å². The molecule has 0 spiro atoms. The van der Waals surface area contributed by atoms with Crippen molar-refractivity contribution in [2.75, 3.05) is 6.54 Å². The second kappa shape index (κ2) is 5.18. The number of carbonyl (C=O) groups is 1. The Hall–Kier alpha value is -2.23. The van der Waals surface area contributed by atoms with E-state index in [-0.39, 0.29) is 17.9 Å². The summed E-state index contributed by atoms with van der Waals surface area (Å²) >= 11 is 0. The summed E-state index contributed by atoms with van der Waals surface area (Å²) in [6.45, 7) is 1.51. The van der Waals surface area contributed by atoms with Crippen molar-refractivity contribution in [3.05, 3.63) is 58.1 Å². The third-order valence-electron chi connectivity index (χ3n) is 3.46. The van der Waals surface area contributed by atoms with Crippen molar-refractivity contribution in [2.24, 2.45) is 0 Å². The number of hydrogen-bond donors (Lipinski definition) is 0. The van der Waals surface area contributed by atoms with Crippen LogP contribution < -0.4 is 0 Å². The molecular weight excluding hydrogens is 242 g/mol. The lowest BCUT2D eigenvalue weighted by Gasteiger charge is -2.23. The van der Waals surface area contributed by atoms with Gasteiger partial charge in [0.05, 0.1) is 5.41 Å². The van der Waals surface area contributed by atoms with Crippen molar-refractivity contribution in [2.45, 2.75) is 18.8 Å². The van der Waals surface area contributed by atoms with Crippen LogP contribution in [0.5, 0.6) is 0 Å². The molecule has 0 saturated carbocycles. The Morgan fingerprint density at radius 2 is 1.89 bits per heavy atom. The maximum Gasteiger partial charge on any atom is 0.213 e. The van der Waals surface area contributed by atoms with E-state index in [4.69, 9.17) is 0 Å². The van der Waals surface area contributed by atoms with Gasteiger partial charge in [0.25, 0.3) is 0 Å². The minimum atomic E-state index is -0.755. The van der Waals surface area contributed by atoms with Crippen molar-refractivity contribution < 1.29 is 9.72 Å². The summed E-state index contributed by atoms with van der Waals surface area (Å²) in [7, 11) is 0. The van der Waals surface area contributed by atoms with Gasteiger partial charge in [0.15, 0.2) is 0 Å². The highest BCUT2D eigenvalue weighted by Gasteiger charge is 2.32. The zero-order valence-electron chi connectivity index (χ0n) is 10.7. The Morgan fingerprint density at radius 1 is 1.21 bits per heavy atom. The molecule has 0 aliphatic heterocycles. The van der Waals surface area contributed by atoms with Crippen molar-refractivity contribution >= 4 is 17.1 Å². The molecule has 0 saturated heterocycles. The van der Waals surface area contributed by atoms with Gasteiger partial charge in [-0.05, 0) is 23.3 Å². The van der Waals surface area contributed by atoms with Gasteiger partial charge in [0.1, 0.15) is 6.29 Å². The first-order valence-corrected chi connectivity index (χ1v) is 6.10. The molecule has 0 N–H and O–H groups in total. The average molecular weight is 257 g/mol. The molecule has 2 aromatic rings. The Morgan fingerprint density at radius 3 is 2.53 bits per heavy atom. The molecule has 0 heterocycles. The third kappa shape index (κ3) is 2.78. The second-order valence-electron chi connectivity index (χ2n) is 4.98. The number of aldehydes is 1. The van der Waals surface area contributed by atoms with E-state index in [0.717, 1.165) is 22.6 Å². The minimum Gasteiger partial charge on any atom is -0.303 e. The van der Waals surface area contributed by atoms with Crippen LogP contribution in [0.2, 0.25) is 0 Å². The number of carbonyl (C=O) groups excluding carboxylic acids is 1. The van der Waals surface area contributed by atoms with Crippen LogP contribution in [0.15, 0.2) is 42.5 Å². The fourth-order valence-electron chi connectivity index (χ4n) is 2.31. The zero-order chi connectivity index (χ0) is 13.9. The molecular formula is C15H15NO3. The van der Waals surface area contributed by atoms with Gasteiger partial charge in [-0.2, -0.15) is 0 Å².